The van der Waals surface area contributed by atoms with E-state index in [4.69, 9.17) is 5.11 Å². The topological polar surface area (TPSA) is 78.4 Å². The van der Waals surface area contributed by atoms with E-state index in [1.807, 2.05) is 6.26 Å². The number of unbranched alkanes of at least 4 members (excludes halogenated alkanes) is 3. The first-order valence-corrected chi connectivity index (χ1v) is 7.78. The van der Waals surface area contributed by atoms with Crippen LogP contribution in [0.1, 0.15) is 38.5 Å². The molecule has 0 saturated carbocycles. The molecule has 0 aliphatic rings. The first-order valence-electron chi connectivity index (χ1n) is 6.39. The van der Waals surface area contributed by atoms with Crippen LogP contribution in [0.25, 0.3) is 0 Å². The van der Waals surface area contributed by atoms with Crippen LogP contribution in [-0.4, -0.2) is 42.2 Å². The summed E-state index contributed by atoms with van der Waals surface area (Å²) >= 11 is 1.77. The van der Waals surface area contributed by atoms with Gasteiger partial charge in [0.25, 0.3) is 0 Å². The number of thioether (sulfide) groups is 1. The van der Waals surface area contributed by atoms with E-state index >= 15 is 0 Å². The van der Waals surface area contributed by atoms with Crippen molar-refractivity contribution in [3.63, 3.8) is 0 Å². The summed E-state index contributed by atoms with van der Waals surface area (Å²) < 4.78 is 0. The fourth-order valence-electron chi connectivity index (χ4n) is 1.44. The van der Waals surface area contributed by atoms with Gasteiger partial charge in [0.2, 0.25) is 0 Å². The molecule has 5 nitrogen and oxygen atoms in total. The van der Waals surface area contributed by atoms with Crippen molar-refractivity contribution in [2.24, 2.45) is 0 Å². The molecule has 0 unspecified atom stereocenters. The van der Waals surface area contributed by atoms with Crippen LogP contribution in [0.5, 0.6) is 0 Å². The van der Waals surface area contributed by atoms with Gasteiger partial charge in [0.05, 0.1) is 0 Å². The number of rotatable bonds is 11. The van der Waals surface area contributed by atoms with Crippen LogP contribution in [0, 0.1) is 0 Å². The largest absolute Gasteiger partial charge is 0.481 e. The zero-order valence-electron chi connectivity index (χ0n) is 11.0. The van der Waals surface area contributed by atoms with E-state index in [2.05, 4.69) is 10.6 Å². The maximum Gasteiger partial charge on any atom is 0.314 e. The fraction of sp³-hybridized carbons (Fsp3) is 0.833. The third-order valence-corrected chi connectivity index (χ3v) is 3.11. The second-order valence-electron chi connectivity index (χ2n) is 4.09. The summed E-state index contributed by atoms with van der Waals surface area (Å²) in [6, 6.07) is -0.110. The summed E-state index contributed by atoms with van der Waals surface area (Å²) in [5.74, 6) is 0.321. The first-order chi connectivity index (χ1) is 8.66. The Bertz CT molecular complexity index is 237. The van der Waals surface area contributed by atoms with Gasteiger partial charge in [-0.3, -0.25) is 4.79 Å². The van der Waals surface area contributed by atoms with E-state index in [0.717, 1.165) is 37.9 Å². The molecule has 0 radical (unpaired) electrons. The van der Waals surface area contributed by atoms with Crippen molar-refractivity contribution in [1.82, 2.24) is 10.6 Å². The molecule has 0 aromatic heterocycles. The Morgan fingerprint density at radius 2 is 1.61 bits per heavy atom. The van der Waals surface area contributed by atoms with Crippen molar-refractivity contribution in [3.05, 3.63) is 0 Å². The van der Waals surface area contributed by atoms with Crippen LogP contribution >= 0.6 is 11.8 Å². The van der Waals surface area contributed by atoms with Crippen LogP contribution < -0.4 is 10.6 Å². The zero-order chi connectivity index (χ0) is 13.6. The molecular formula is C12H24N2O3S. The number of nitrogens with one attached hydrogen (secondary N) is 2. The van der Waals surface area contributed by atoms with Gasteiger partial charge in [-0.25, -0.2) is 4.79 Å². The van der Waals surface area contributed by atoms with Gasteiger partial charge < -0.3 is 15.7 Å². The molecule has 0 saturated heterocycles. The summed E-state index contributed by atoms with van der Waals surface area (Å²) in [5, 5.41) is 14.0. The predicted molar refractivity (Wildman–Crippen MR) is 75.1 cm³/mol. The number of carbonyl (C=O) groups excluding carboxylic acids is 1. The summed E-state index contributed by atoms with van der Waals surface area (Å²) in [6.45, 7) is 1.37. The van der Waals surface area contributed by atoms with Crippen molar-refractivity contribution < 1.29 is 14.7 Å². The molecule has 6 heteroatoms. The van der Waals surface area contributed by atoms with Crippen molar-refractivity contribution in [1.29, 1.82) is 0 Å². The minimum absolute atomic E-state index is 0.110. The van der Waals surface area contributed by atoms with Gasteiger partial charge in [-0.05, 0) is 31.3 Å². The molecule has 18 heavy (non-hydrogen) atoms. The van der Waals surface area contributed by atoms with Crippen LogP contribution in [0.4, 0.5) is 4.79 Å². The maximum absolute atomic E-state index is 11.3. The molecule has 3 N–H and O–H groups in total. The molecule has 2 amide bonds. The summed E-state index contributed by atoms with van der Waals surface area (Å²) in [7, 11) is 0. The summed E-state index contributed by atoms with van der Waals surface area (Å²) in [5.41, 5.74) is 0. The monoisotopic (exact) mass is 276 g/mol. The molecular weight excluding hydrogens is 252 g/mol. The first kappa shape index (κ1) is 17.1. The van der Waals surface area contributed by atoms with Crippen molar-refractivity contribution in [2.45, 2.75) is 38.5 Å². The van der Waals surface area contributed by atoms with Gasteiger partial charge in [0.1, 0.15) is 0 Å². The van der Waals surface area contributed by atoms with Gasteiger partial charge in [-0.2, -0.15) is 11.8 Å². The van der Waals surface area contributed by atoms with Gasteiger partial charge in [0.15, 0.2) is 0 Å². The van der Waals surface area contributed by atoms with Crippen molar-refractivity contribution in [3.8, 4) is 0 Å². The van der Waals surface area contributed by atoms with E-state index in [1.165, 1.54) is 0 Å². The minimum Gasteiger partial charge on any atom is -0.481 e. The Labute approximate surface area is 113 Å². The normalized spacial score (nSPS) is 10.1. The Balaban J connectivity index is 3.17. The molecule has 0 aliphatic heterocycles. The van der Waals surface area contributed by atoms with Crippen molar-refractivity contribution >= 4 is 23.8 Å². The zero-order valence-corrected chi connectivity index (χ0v) is 11.9. The molecule has 0 heterocycles. The lowest BCUT2D eigenvalue weighted by Gasteiger charge is -2.06. The van der Waals surface area contributed by atoms with E-state index in [9.17, 15) is 9.59 Å². The quantitative estimate of drug-likeness (QED) is 0.505. The van der Waals surface area contributed by atoms with Gasteiger partial charge in [-0.1, -0.05) is 12.8 Å². The maximum atomic E-state index is 11.3. The highest BCUT2D eigenvalue weighted by Gasteiger charge is 1.99. The number of hydrogen-bond acceptors (Lipinski definition) is 3. The van der Waals surface area contributed by atoms with Crippen LogP contribution in [0.3, 0.4) is 0 Å². The molecule has 0 spiro atoms. The molecule has 106 valence electrons. The van der Waals surface area contributed by atoms with Gasteiger partial charge in [-0.15, -0.1) is 0 Å². The third kappa shape index (κ3) is 13.2. The Hall–Kier alpha value is -0.910. The molecule has 0 fully saturated rings. The van der Waals surface area contributed by atoms with E-state index < -0.39 is 5.97 Å². The highest BCUT2D eigenvalue weighted by atomic mass is 32.2. The minimum atomic E-state index is -0.738. The number of hydrogen-bond donors (Lipinski definition) is 3. The third-order valence-electron chi connectivity index (χ3n) is 2.41. The van der Waals surface area contributed by atoms with Gasteiger partial charge in [0, 0.05) is 19.5 Å². The molecule has 0 aromatic carbocycles. The molecule has 0 atom stereocenters. The summed E-state index contributed by atoms with van der Waals surface area (Å²) in [4.78, 5) is 21.5. The van der Waals surface area contributed by atoms with Crippen LogP contribution in [-0.2, 0) is 4.79 Å². The molecule has 0 aromatic rings. The molecule has 0 rings (SSSR count). The lowest BCUT2D eigenvalue weighted by Crippen LogP contribution is -2.36. The highest BCUT2D eigenvalue weighted by molar-refractivity contribution is 7.98. The summed E-state index contributed by atoms with van der Waals surface area (Å²) in [6.07, 6.45) is 6.76. The van der Waals surface area contributed by atoms with E-state index in [0.29, 0.717) is 13.1 Å². The Kier molecular flexibility index (Phi) is 11.9. The number of carbonyl (C=O) groups is 2. The Morgan fingerprint density at radius 3 is 2.22 bits per heavy atom. The average molecular weight is 276 g/mol. The number of urea groups is 1. The molecule has 0 aliphatic carbocycles. The second-order valence-corrected chi connectivity index (χ2v) is 5.07. The number of carboxylic acid groups (broad SMARTS) is 1. The van der Waals surface area contributed by atoms with Crippen molar-refractivity contribution in [2.75, 3.05) is 25.1 Å². The Morgan fingerprint density at radius 1 is 1.00 bits per heavy atom. The average Bonchev–Trinajstić information content (AvgIpc) is 2.33. The number of aliphatic carboxylic acids is 1. The standard InChI is InChI=1S/C12H24N2O3S/c1-18-10-6-9-14-12(17)13-8-5-3-2-4-7-11(15)16/h2-10H2,1H3,(H,15,16)(H2,13,14,17). The predicted octanol–water partition coefficient (Wildman–Crippen LogP) is 2.07. The lowest BCUT2D eigenvalue weighted by atomic mass is 10.1. The molecule has 0 bridgehead atoms. The van der Waals surface area contributed by atoms with E-state index in [1.54, 1.807) is 11.8 Å². The van der Waals surface area contributed by atoms with E-state index in [-0.39, 0.29) is 12.5 Å². The SMILES string of the molecule is CSCCCNC(=O)NCCCCCCC(=O)O. The fourth-order valence-corrected chi connectivity index (χ4v) is 1.87. The highest BCUT2D eigenvalue weighted by Crippen LogP contribution is 2.02. The van der Waals surface area contributed by atoms with Crippen LogP contribution in [0.2, 0.25) is 0 Å². The number of amides is 2. The number of carboxylic acids is 1. The van der Waals surface area contributed by atoms with Crippen LogP contribution in [0.15, 0.2) is 0 Å². The van der Waals surface area contributed by atoms with Gasteiger partial charge >= 0.3 is 12.0 Å². The lowest BCUT2D eigenvalue weighted by molar-refractivity contribution is -0.137. The second kappa shape index (κ2) is 12.5. The smallest absolute Gasteiger partial charge is 0.314 e.